The summed E-state index contributed by atoms with van der Waals surface area (Å²) in [6.45, 7) is 1.59. The number of benzene rings is 2. The van der Waals surface area contributed by atoms with E-state index in [1.54, 1.807) is 62.6 Å². The van der Waals surface area contributed by atoms with E-state index in [4.69, 9.17) is 16.3 Å². The summed E-state index contributed by atoms with van der Waals surface area (Å²) in [4.78, 5) is 24.7. The number of hydrogen-bond donors (Lipinski definition) is 2. The second-order valence-corrected chi connectivity index (χ2v) is 6.36. The molecule has 2 amide bonds. The quantitative estimate of drug-likeness (QED) is 0.663. The van der Waals surface area contributed by atoms with E-state index in [0.717, 1.165) is 0 Å². The molecule has 28 heavy (non-hydrogen) atoms. The third-order valence-electron chi connectivity index (χ3n) is 3.95. The zero-order chi connectivity index (χ0) is 20.1. The van der Waals surface area contributed by atoms with Gasteiger partial charge in [-0.1, -0.05) is 22.9 Å². The van der Waals surface area contributed by atoms with E-state index in [2.05, 4.69) is 20.9 Å². The maximum Gasteiger partial charge on any atom is 0.278 e. The first-order valence-corrected chi connectivity index (χ1v) is 8.75. The number of anilines is 2. The number of hydrogen-bond acceptors (Lipinski definition) is 5. The van der Waals surface area contributed by atoms with Crippen molar-refractivity contribution in [2.75, 3.05) is 17.7 Å². The molecule has 0 fully saturated rings. The molecule has 0 saturated heterocycles. The number of aromatic nitrogens is 3. The Bertz CT molecular complexity index is 1000. The number of methoxy groups -OCH3 is 1. The maximum absolute atomic E-state index is 12.4. The first-order valence-electron chi connectivity index (χ1n) is 8.37. The van der Waals surface area contributed by atoms with Crippen LogP contribution < -0.4 is 15.4 Å². The van der Waals surface area contributed by atoms with E-state index in [1.165, 1.54) is 4.68 Å². The van der Waals surface area contributed by atoms with Gasteiger partial charge in [0.2, 0.25) is 5.91 Å². The van der Waals surface area contributed by atoms with Crippen LogP contribution in [0.2, 0.25) is 5.02 Å². The summed E-state index contributed by atoms with van der Waals surface area (Å²) in [5.41, 5.74) is 1.80. The fourth-order valence-corrected chi connectivity index (χ4v) is 2.68. The summed E-state index contributed by atoms with van der Waals surface area (Å²) in [5.74, 6) is -0.0348. The molecule has 0 aliphatic rings. The SMILES string of the molecule is COc1ccc(NC(=O)c2nnn(CC(=O)Nc3cccc(Cl)c3)c2C)cc1. The zero-order valence-electron chi connectivity index (χ0n) is 15.3. The van der Waals surface area contributed by atoms with Gasteiger partial charge in [-0.15, -0.1) is 5.10 Å². The lowest BCUT2D eigenvalue weighted by Crippen LogP contribution is -2.21. The van der Waals surface area contributed by atoms with E-state index < -0.39 is 5.91 Å². The van der Waals surface area contributed by atoms with Crippen molar-refractivity contribution in [1.82, 2.24) is 15.0 Å². The maximum atomic E-state index is 12.4. The van der Waals surface area contributed by atoms with Crippen molar-refractivity contribution in [2.45, 2.75) is 13.5 Å². The van der Waals surface area contributed by atoms with Gasteiger partial charge < -0.3 is 15.4 Å². The van der Waals surface area contributed by atoms with Gasteiger partial charge in [-0.2, -0.15) is 0 Å². The first kappa shape index (κ1) is 19.4. The van der Waals surface area contributed by atoms with Gasteiger partial charge in [0.05, 0.1) is 12.8 Å². The minimum absolute atomic E-state index is 0.0822. The summed E-state index contributed by atoms with van der Waals surface area (Å²) in [6, 6.07) is 13.7. The Kier molecular flexibility index (Phi) is 5.90. The van der Waals surface area contributed by atoms with Crippen LogP contribution in [0.15, 0.2) is 48.5 Å². The lowest BCUT2D eigenvalue weighted by atomic mass is 10.2. The van der Waals surface area contributed by atoms with Crippen LogP contribution in [0.4, 0.5) is 11.4 Å². The molecule has 2 N–H and O–H groups in total. The van der Waals surface area contributed by atoms with Gasteiger partial charge in [0.1, 0.15) is 12.3 Å². The van der Waals surface area contributed by atoms with Crippen LogP contribution in [0.5, 0.6) is 5.75 Å². The van der Waals surface area contributed by atoms with Crippen molar-refractivity contribution in [3.8, 4) is 5.75 Å². The summed E-state index contributed by atoms with van der Waals surface area (Å²) in [7, 11) is 1.57. The highest BCUT2D eigenvalue weighted by atomic mass is 35.5. The van der Waals surface area contributed by atoms with Crippen molar-refractivity contribution in [3.05, 3.63) is 64.9 Å². The molecule has 0 unspecified atom stereocenters. The third kappa shape index (κ3) is 4.66. The lowest BCUT2D eigenvalue weighted by molar-refractivity contribution is -0.117. The average molecular weight is 400 g/mol. The van der Waals surface area contributed by atoms with Crippen molar-refractivity contribution in [3.63, 3.8) is 0 Å². The van der Waals surface area contributed by atoms with Crippen molar-refractivity contribution >= 4 is 34.8 Å². The van der Waals surface area contributed by atoms with Crippen LogP contribution in [-0.2, 0) is 11.3 Å². The van der Waals surface area contributed by atoms with Crippen LogP contribution in [0.3, 0.4) is 0 Å². The monoisotopic (exact) mass is 399 g/mol. The van der Waals surface area contributed by atoms with Gasteiger partial charge in [0, 0.05) is 16.4 Å². The van der Waals surface area contributed by atoms with E-state index in [0.29, 0.717) is 27.8 Å². The lowest BCUT2D eigenvalue weighted by Gasteiger charge is -2.07. The summed E-state index contributed by atoms with van der Waals surface area (Å²) >= 11 is 5.91. The average Bonchev–Trinajstić information content (AvgIpc) is 3.02. The van der Waals surface area contributed by atoms with Crippen molar-refractivity contribution in [1.29, 1.82) is 0 Å². The van der Waals surface area contributed by atoms with Gasteiger partial charge in [-0.05, 0) is 49.4 Å². The Morgan fingerprint density at radius 1 is 1.11 bits per heavy atom. The van der Waals surface area contributed by atoms with E-state index in [9.17, 15) is 9.59 Å². The molecular formula is C19H18ClN5O3. The Balaban J connectivity index is 1.65. The number of nitrogens with one attached hydrogen (secondary N) is 2. The molecule has 0 aliphatic carbocycles. The largest absolute Gasteiger partial charge is 0.497 e. The molecule has 0 atom stereocenters. The number of carbonyl (C=O) groups is 2. The second kappa shape index (κ2) is 8.53. The van der Waals surface area contributed by atoms with Gasteiger partial charge in [-0.25, -0.2) is 4.68 Å². The van der Waals surface area contributed by atoms with E-state index in [1.807, 2.05) is 0 Å². The number of rotatable bonds is 6. The smallest absolute Gasteiger partial charge is 0.278 e. The van der Waals surface area contributed by atoms with Gasteiger partial charge in [0.25, 0.3) is 5.91 Å². The number of ether oxygens (including phenoxy) is 1. The molecule has 8 nitrogen and oxygen atoms in total. The van der Waals surface area contributed by atoms with Crippen molar-refractivity contribution < 1.29 is 14.3 Å². The molecule has 0 spiro atoms. The Labute approximate surface area is 166 Å². The normalized spacial score (nSPS) is 10.4. The van der Waals surface area contributed by atoms with Gasteiger partial charge in [-0.3, -0.25) is 9.59 Å². The molecule has 0 aliphatic heterocycles. The van der Waals surface area contributed by atoms with Crippen LogP contribution in [0.25, 0.3) is 0 Å². The number of carbonyl (C=O) groups excluding carboxylic acids is 2. The molecule has 1 aromatic heterocycles. The topological polar surface area (TPSA) is 98.1 Å². The van der Waals surface area contributed by atoms with Gasteiger partial charge in [0.15, 0.2) is 5.69 Å². The van der Waals surface area contributed by atoms with Crippen molar-refractivity contribution in [2.24, 2.45) is 0 Å². The first-order chi connectivity index (χ1) is 13.5. The zero-order valence-corrected chi connectivity index (χ0v) is 16.0. The fraction of sp³-hybridized carbons (Fsp3) is 0.158. The molecular weight excluding hydrogens is 382 g/mol. The number of halogens is 1. The third-order valence-corrected chi connectivity index (χ3v) is 4.18. The van der Waals surface area contributed by atoms with Crippen LogP contribution in [-0.4, -0.2) is 33.9 Å². The molecule has 144 valence electrons. The van der Waals surface area contributed by atoms with Crippen LogP contribution >= 0.6 is 11.6 Å². The standard InChI is InChI=1S/C19H18ClN5O3/c1-12-18(19(27)22-14-6-8-16(28-2)9-7-14)23-24-25(12)11-17(26)21-15-5-3-4-13(20)10-15/h3-10H,11H2,1-2H3,(H,21,26)(H,22,27). The minimum atomic E-state index is -0.413. The van der Waals surface area contributed by atoms with Crippen LogP contribution in [0, 0.1) is 6.92 Å². The molecule has 1 heterocycles. The predicted octanol–water partition coefficient (Wildman–Crippen LogP) is 3.14. The second-order valence-electron chi connectivity index (χ2n) is 5.92. The fourth-order valence-electron chi connectivity index (χ4n) is 2.49. The molecule has 9 heteroatoms. The highest BCUT2D eigenvalue weighted by molar-refractivity contribution is 6.30. The number of nitrogens with zero attached hydrogens (tertiary/aromatic N) is 3. The Morgan fingerprint density at radius 3 is 2.54 bits per heavy atom. The molecule has 0 radical (unpaired) electrons. The Morgan fingerprint density at radius 2 is 1.86 bits per heavy atom. The molecule has 3 aromatic rings. The summed E-state index contributed by atoms with van der Waals surface area (Å²) in [6.07, 6.45) is 0. The number of amides is 2. The molecule has 2 aromatic carbocycles. The minimum Gasteiger partial charge on any atom is -0.497 e. The highest BCUT2D eigenvalue weighted by Crippen LogP contribution is 2.17. The molecule has 0 bridgehead atoms. The van der Waals surface area contributed by atoms with Gasteiger partial charge >= 0.3 is 0 Å². The predicted molar refractivity (Wildman–Crippen MR) is 106 cm³/mol. The van der Waals surface area contributed by atoms with E-state index >= 15 is 0 Å². The van der Waals surface area contributed by atoms with Crippen LogP contribution in [0.1, 0.15) is 16.2 Å². The van der Waals surface area contributed by atoms with E-state index in [-0.39, 0.29) is 18.1 Å². The summed E-state index contributed by atoms with van der Waals surface area (Å²) in [5, 5.41) is 13.8. The summed E-state index contributed by atoms with van der Waals surface area (Å²) < 4.78 is 6.45. The Hall–Kier alpha value is -3.39. The molecule has 0 saturated carbocycles. The molecule has 3 rings (SSSR count). The highest BCUT2D eigenvalue weighted by Gasteiger charge is 2.18.